The van der Waals surface area contributed by atoms with Crippen molar-refractivity contribution in [1.82, 2.24) is 0 Å². The zero-order valence-corrected chi connectivity index (χ0v) is 15.3. The summed E-state index contributed by atoms with van der Waals surface area (Å²) in [7, 11) is 0. The van der Waals surface area contributed by atoms with Gasteiger partial charge in [-0.2, -0.15) is 0 Å². The zero-order chi connectivity index (χ0) is 17.1. The van der Waals surface area contributed by atoms with Crippen LogP contribution < -0.4 is 0 Å². The van der Waals surface area contributed by atoms with Crippen LogP contribution in [-0.2, 0) is 14.3 Å². The number of allylic oxidation sites excluding steroid dienone is 1. The molecule has 0 spiro atoms. The second kappa shape index (κ2) is 5.44. The molecule has 0 N–H and O–H groups in total. The SMILES string of the molecule is CC(=O)O[C@H]1CCC2(C)C(=CCC3C4CCC(=O)C4(C)CCC32)C1. The number of fused-ring (bicyclic) bond motifs is 5. The fourth-order valence-electron chi connectivity index (χ4n) is 6.73. The maximum atomic E-state index is 12.4. The predicted octanol–water partition coefficient (Wildman–Crippen LogP) is 4.45. The van der Waals surface area contributed by atoms with Crippen molar-refractivity contribution in [3.63, 3.8) is 0 Å². The van der Waals surface area contributed by atoms with Crippen LogP contribution in [0.1, 0.15) is 72.1 Å². The number of ketones is 1. The van der Waals surface area contributed by atoms with Crippen molar-refractivity contribution in [3.8, 4) is 0 Å². The Kier molecular flexibility index (Phi) is 3.71. The summed E-state index contributed by atoms with van der Waals surface area (Å²) in [6.07, 6.45) is 10.8. The summed E-state index contributed by atoms with van der Waals surface area (Å²) >= 11 is 0. The van der Waals surface area contributed by atoms with E-state index in [1.807, 2.05) is 0 Å². The molecule has 3 nitrogen and oxygen atoms in total. The molecule has 3 fully saturated rings. The highest BCUT2D eigenvalue weighted by molar-refractivity contribution is 5.87. The van der Waals surface area contributed by atoms with Crippen LogP contribution in [0.25, 0.3) is 0 Å². The number of carbonyl (C=O) groups excluding carboxylic acids is 2. The van der Waals surface area contributed by atoms with E-state index in [9.17, 15) is 9.59 Å². The highest BCUT2D eigenvalue weighted by Crippen LogP contribution is 2.64. The van der Waals surface area contributed by atoms with Crippen LogP contribution in [0.5, 0.6) is 0 Å². The van der Waals surface area contributed by atoms with E-state index < -0.39 is 0 Å². The highest BCUT2D eigenvalue weighted by Gasteiger charge is 2.58. The van der Waals surface area contributed by atoms with Gasteiger partial charge in [-0.1, -0.05) is 25.5 Å². The summed E-state index contributed by atoms with van der Waals surface area (Å²) < 4.78 is 5.50. The molecule has 0 aromatic rings. The largest absolute Gasteiger partial charge is 0.462 e. The molecule has 0 aliphatic heterocycles. The molecule has 3 heteroatoms. The quantitative estimate of drug-likeness (QED) is 0.527. The lowest BCUT2D eigenvalue weighted by Crippen LogP contribution is -2.50. The molecule has 6 atom stereocenters. The normalized spacial score (nSPS) is 47.3. The Morgan fingerprint density at radius 3 is 2.58 bits per heavy atom. The Bertz CT molecular complexity index is 606. The molecular weight excluding hydrogens is 300 g/mol. The number of carbonyl (C=O) groups is 2. The van der Waals surface area contributed by atoms with Crippen LogP contribution in [0.2, 0.25) is 0 Å². The first-order valence-electron chi connectivity index (χ1n) is 9.74. The standard InChI is InChI=1S/C21H30O3/c1-13(22)24-15-8-10-20(2)14(12-15)4-5-16-17-6-7-19(23)21(17,3)11-9-18(16)20/h4,15-18H,5-12H2,1-3H3/t15-,16?,17?,18?,20?,21?/m0/s1. The maximum Gasteiger partial charge on any atom is 0.302 e. The molecule has 0 aromatic heterocycles. The molecule has 3 saturated carbocycles. The van der Waals surface area contributed by atoms with E-state index in [-0.39, 0.29) is 22.9 Å². The topological polar surface area (TPSA) is 43.4 Å². The van der Waals surface area contributed by atoms with E-state index in [1.54, 1.807) is 0 Å². The van der Waals surface area contributed by atoms with Crippen molar-refractivity contribution in [3.05, 3.63) is 11.6 Å². The van der Waals surface area contributed by atoms with Gasteiger partial charge in [0, 0.05) is 25.2 Å². The van der Waals surface area contributed by atoms with Crippen LogP contribution in [0.3, 0.4) is 0 Å². The minimum atomic E-state index is -0.157. The number of ether oxygens (including phenoxy) is 1. The van der Waals surface area contributed by atoms with Crippen LogP contribution in [0, 0.1) is 28.6 Å². The fourth-order valence-corrected chi connectivity index (χ4v) is 6.73. The smallest absolute Gasteiger partial charge is 0.302 e. The molecule has 0 amide bonds. The Morgan fingerprint density at radius 2 is 1.83 bits per heavy atom. The number of Topliss-reactive ketones (excluding diaryl/α,β-unsaturated/α-hetero) is 1. The van der Waals surface area contributed by atoms with Crippen molar-refractivity contribution in [2.75, 3.05) is 0 Å². The molecule has 0 radical (unpaired) electrons. The summed E-state index contributed by atoms with van der Waals surface area (Å²) in [6, 6.07) is 0. The van der Waals surface area contributed by atoms with Crippen molar-refractivity contribution in [2.24, 2.45) is 28.6 Å². The summed E-state index contributed by atoms with van der Waals surface area (Å²) in [5.41, 5.74) is 1.74. The maximum absolute atomic E-state index is 12.4. The third kappa shape index (κ3) is 2.23. The van der Waals surface area contributed by atoms with Crippen LogP contribution >= 0.6 is 0 Å². The summed E-state index contributed by atoms with van der Waals surface area (Å²) in [5, 5.41) is 0. The van der Waals surface area contributed by atoms with Crippen molar-refractivity contribution < 1.29 is 14.3 Å². The Hall–Kier alpha value is -1.12. The van der Waals surface area contributed by atoms with Gasteiger partial charge in [0.2, 0.25) is 0 Å². The van der Waals surface area contributed by atoms with Gasteiger partial charge in [-0.25, -0.2) is 0 Å². The van der Waals surface area contributed by atoms with Crippen molar-refractivity contribution in [1.29, 1.82) is 0 Å². The molecule has 132 valence electrons. The third-order valence-electron chi connectivity index (χ3n) is 8.10. The third-order valence-corrected chi connectivity index (χ3v) is 8.10. The molecule has 0 bridgehead atoms. The number of rotatable bonds is 1. The van der Waals surface area contributed by atoms with Gasteiger partial charge < -0.3 is 4.74 Å². The molecule has 0 heterocycles. The summed E-state index contributed by atoms with van der Waals surface area (Å²) in [6.45, 7) is 6.19. The molecule has 4 aliphatic carbocycles. The van der Waals surface area contributed by atoms with E-state index >= 15 is 0 Å². The van der Waals surface area contributed by atoms with Crippen LogP contribution in [0.15, 0.2) is 11.6 Å². The lowest BCUT2D eigenvalue weighted by molar-refractivity contribution is -0.148. The van der Waals surface area contributed by atoms with Gasteiger partial charge in [0.1, 0.15) is 11.9 Å². The van der Waals surface area contributed by atoms with Gasteiger partial charge >= 0.3 is 5.97 Å². The number of hydrogen-bond acceptors (Lipinski definition) is 3. The minimum absolute atomic E-state index is 0.0438. The Balaban J connectivity index is 1.60. The second-order valence-corrected chi connectivity index (χ2v) is 9.15. The molecule has 0 aromatic carbocycles. The first-order chi connectivity index (χ1) is 11.3. The summed E-state index contributed by atoms with van der Waals surface area (Å²) in [5.74, 6) is 2.33. The van der Waals surface area contributed by atoms with E-state index in [4.69, 9.17) is 4.74 Å². The van der Waals surface area contributed by atoms with E-state index in [1.165, 1.54) is 18.9 Å². The average Bonchev–Trinajstić information content (AvgIpc) is 2.83. The molecule has 24 heavy (non-hydrogen) atoms. The molecular formula is C21H30O3. The second-order valence-electron chi connectivity index (χ2n) is 9.15. The fraction of sp³-hybridized carbons (Fsp3) is 0.810. The van der Waals surface area contributed by atoms with Crippen molar-refractivity contribution >= 4 is 11.8 Å². The monoisotopic (exact) mass is 330 g/mol. The van der Waals surface area contributed by atoms with E-state index in [0.29, 0.717) is 23.5 Å². The lowest BCUT2D eigenvalue weighted by atomic mass is 9.48. The Labute approximate surface area is 145 Å². The first-order valence-corrected chi connectivity index (χ1v) is 9.74. The molecule has 4 rings (SSSR count). The predicted molar refractivity (Wildman–Crippen MR) is 92.3 cm³/mol. The number of hydrogen-bond donors (Lipinski definition) is 0. The Morgan fingerprint density at radius 1 is 1.12 bits per heavy atom. The van der Waals surface area contributed by atoms with Crippen molar-refractivity contribution in [2.45, 2.75) is 78.2 Å². The molecule has 0 saturated heterocycles. The van der Waals surface area contributed by atoms with E-state index in [2.05, 4.69) is 19.9 Å². The van der Waals surface area contributed by atoms with Gasteiger partial charge in [0.25, 0.3) is 0 Å². The number of esters is 1. The van der Waals surface area contributed by atoms with Gasteiger partial charge in [-0.3, -0.25) is 9.59 Å². The molecule has 4 aliphatic rings. The van der Waals surface area contributed by atoms with E-state index in [0.717, 1.165) is 44.9 Å². The molecule has 5 unspecified atom stereocenters. The lowest BCUT2D eigenvalue weighted by Gasteiger charge is -2.56. The average molecular weight is 330 g/mol. The summed E-state index contributed by atoms with van der Waals surface area (Å²) in [4.78, 5) is 23.7. The highest BCUT2D eigenvalue weighted by atomic mass is 16.5. The first kappa shape index (κ1) is 16.4. The van der Waals surface area contributed by atoms with Crippen LogP contribution in [-0.4, -0.2) is 17.9 Å². The minimum Gasteiger partial charge on any atom is -0.462 e. The van der Waals surface area contributed by atoms with Gasteiger partial charge in [0.15, 0.2) is 0 Å². The zero-order valence-electron chi connectivity index (χ0n) is 15.3. The van der Waals surface area contributed by atoms with Gasteiger partial charge in [0.05, 0.1) is 0 Å². The van der Waals surface area contributed by atoms with Gasteiger partial charge in [-0.05, 0) is 61.7 Å². The van der Waals surface area contributed by atoms with Gasteiger partial charge in [-0.15, -0.1) is 0 Å². The van der Waals surface area contributed by atoms with Crippen LogP contribution in [0.4, 0.5) is 0 Å².